The quantitative estimate of drug-likeness (QED) is 0.551. The molecule has 0 bridgehead atoms. The summed E-state index contributed by atoms with van der Waals surface area (Å²) in [5.41, 5.74) is 1.67. The topological polar surface area (TPSA) is 75.7 Å². The molecule has 0 spiro atoms. The predicted molar refractivity (Wildman–Crippen MR) is 90.8 cm³/mol. The van der Waals surface area contributed by atoms with Crippen LogP contribution in [0.5, 0.6) is 5.75 Å². The van der Waals surface area contributed by atoms with Crippen LogP contribution in [0.15, 0.2) is 64.5 Å². The Bertz CT molecular complexity index is 981. The van der Waals surface area contributed by atoms with Crippen molar-refractivity contribution in [3.05, 3.63) is 70.3 Å². The van der Waals surface area contributed by atoms with E-state index in [-0.39, 0.29) is 11.4 Å². The van der Waals surface area contributed by atoms with Gasteiger partial charge in [-0.25, -0.2) is 4.99 Å². The average Bonchev–Trinajstić information content (AvgIpc) is 2.90. The molecule has 0 unspecified atom stereocenters. The van der Waals surface area contributed by atoms with E-state index in [0.717, 1.165) is 26.3 Å². The minimum absolute atomic E-state index is 0.0448. The standard InChI is InChI=1S/C17H10N2O3S/c20-14-9-8-13-16-12(14)2-1-3-15(16)23-17(13)18-10-4-6-11(7-5-10)19(21)22/h1-9,20H. The van der Waals surface area contributed by atoms with E-state index in [1.54, 1.807) is 18.2 Å². The molecule has 0 radical (unpaired) electrons. The summed E-state index contributed by atoms with van der Waals surface area (Å²) in [6.07, 6.45) is 0. The molecule has 5 nitrogen and oxygen atoms in total. The summed E-state index contributed by atoms with van der Waals surface area (Å²) in [6.45, 7) is 0. The molecule has 0 atom stereocenters. The number of non-ortho nitro benzene ring substituents is 1. The maximum Gasteiger partial charge on any atom is 0.269 e. The van der Waals surface area contributed by atoms with Gasteiger partial charge >= 0.3 is 0 Å². The Morgan fingerprint density at radius 1 is 1.04 bits per heavy atom. The zero-order valence-corrected chi connectivity index (χ0v) is 12.6. The molecule has 1 aliphatic heterocycles. The van der Waals surface area contributed by atoms with Gasteiger partial charge in [0.1, 0.15) is 10.8 Å². The lowest BCUT2D eigenvalue weighted by molar-refractivity contribution is -0.384. The van der Waals surface area contributed by atoms with E-state index < -0.39 is 4.92 Å². The van der Waals surface area contributed by atoms with Crippen LogP contribution >= 0.6 is 11.8 Å². The lowest BCUT2D eigenvalue weighted by Gasteiger charge is -2.02. The number of rotatable bonds is 2. The van der Waals surface area contributed by atoms with Gasteiger partial charge < -0.3 is 5.11 Å². The molecule has 3 aromatic carbocycles. The van der Waals surface area contributed by atoms with E-state index in [0.29, 0.717) is 5.69 Å². The van der Waals surface area contributed by atoms with Crippen LogP contribution in [-0.4, -0.2) is 15.1 Å². The average molecular weight is 322 g/mol. The van der Waals surface area contributed by atoms with Gasteiger partial charge in [0.15, 0.2) is 0 Å². The van der Waals surface area contributed by atoms with Crippen molar-refractivity contribution in [1.29, 1.82) is 0 Å². The van der Waals surface area contributed by atoms with Crippen LogP contribution in [0.1, 0.15) is 5.56 Å². The third kappa shape index (κ3) is 2.24. The fraction of sp³-hybridized carbons (Fsp3) is 0. The zero-order chi connectivity index (χ0) is 16.0. The van der Waals surface area contributed by atoms with Crippen LogP contribution in [0, 0.1) is 10.1 Å². The van der Waals surface area contributed by atoms with E-state index in [1.165, 1.54) is 23.9 Å². The highest BCUT2D eigenvalue weighted by Gasteiger charge is 2.22. The molecule has 1 heterocycles. The van der Waals surface area contributed by atoms with Gasteiger partial charge in [-0.1, -0.05) is 23.9 Å². The molecular formula is C17H10N2O3S. The molecule has 0 aromatic heterocycles. The van der Waals surface area contributed by atoms with Gasteiger partial charge in [-0.2, -0.15) is 0 Å². The molecule has 1 aliphatic rings. The highest BCUT2D eigenvalue weighted by Crippen LogP contribution is 2.44. The Morgan fingerprint density at radius 2 is 1.83 bits per heavy atom. The molecule has 0 fully saturated rings. The Morgan fingerprint density at radius 3 is 2.57 bits per heavy atom. The number of thioether (sulfide) groups is 1. The normalized spacial score (nSPS) is 14.5. The molecule has 0 saturated carbocycles. The number of phenolic OH excluding ortho intramolecular Hbond substituents is 1. The first-order valence-electron chi connectivity index (χ1n) is 6.89. The van der Waals surface area contributed by atoms with Gasteiger partial charge in [-0.05, 0) is 30.3 Å². The van der Waals surface area contributed by atoms with Crippen molar-refractivity contribution in [2.24, 2.45) is 4.99 Å². The van der Waals surface area contributed by atoms with Crippen molar-refractivity contribution >= 4 is 39.0 Å². The number of aromatic hydroxyl groups is 1. The highest BCUT2D eigenvalue weighted by atomic mass is 32.2. The van der Waals surface area contributed by atoms with Crippen molar-refractivity contribution in [3.63, 3.8) is 0 Å². The first-order chi connectivity index (χ1) is 11.1. The van der Waals surface area contributed by atoms with Gasteiger partial charge in [-0.15, -0.1) is 0 Å². The number of nitro benzene ring substituents is 1. The summed E-state index contributed by atoms with van der Waals surface area (Å²) in [5, 5.41) is 23.3. The van der Waals surface area contributed by atoms with E-state index >= 15 is 0 Å². The van der Waals surface area contributed by atoms with Gasteiger partial charge in [0, 0.05) is 33.4 Å². The number of hydrogen-bond acceptors (Lipinski definition) is 5. The van der Waals surface area contributed by atoms with Gasteiger partial charge in [0.2, 0.25) is 0 Å². The minimum Gasteiger partial charge on any atom is -0.507 e. The molecule has 23 heavy (non-hydrogen) atoms. The van der Waals surface area contributed by atoms with Crippen molar-refractivity contribution in [2.45, 2.75) is 4.90 Å². The molecule has 1 N–H and O–H groups in total. The number of benzene rings is 3. The number of phenols is 1. The summed E-state index contributed by atoms with van der Waals surface area (Å²) in [5.74, 6) is 0.253. The smallest absolute Gasteiger partial charge is 0.269 e. The lowest BCUT2D eigenvalue weighted by Crippen LogP contribution is -1.90. The molecule has 0 saturated heterocycles. The van der Waals surface area contributed by atoms with E-state index in [4.69, 9.17) is 0 Å². The Hall–Kier alpha value is -2.86. The Labute approximate surface area is 135 Å². The summed E-state index contributed by atoms with van der Waals surface area (Å²) in [4.78, 5) is 15.9. The Balaban J connectivity index is 1.81. The van der Waals surface area contributed by atoms with Crippen molar-refractivity contribution in [2.75, 3.05) is 0 Å². The monoisotopic (exact) mass is 322 g/mol. The number of nitrogens with zero attached hydrogens (tertiary/aromatic N) is 2. The zero-order valence-electron chi connectivity index (χ0n) is 11.8. The SMILES string of the molecule is O=[N+]([O-])c1ccc(N=C2Sc3cccc4c(O)ccc2c34)cc1. The van der Waals surface area contributed by atoms with Crippen molar-refractivity contribution in [3.8, 4) is 5.75 Å². The third-order valence-electron chi connectivity index (χ3n) is 3.71. The van der Waals surface area contributed by atoms with Gasteiger partial charge in [0.25, 0.3) is 5.69 Å². The second kappa shape index (κ2) is 5.10. The van der Waals surface area contributed by atoms with E-state index in [2.05, 4.69) is 4.99 Å². The van der Waals surface area contributed by atoms with Gasteiger partial charge in [-0.3, -0.25) is 10.1 Å². The third-order valence-corrected chi connectivity index (χ3v) is 4.77. The molecule has 112 valence electrons. The molecule has 4 rings (SSSR count). The van der Waals surface area contributed by atoms with Crippen molar-refractivity contribution in [1.82, 2.24) is 0 Å². The maximum absolute atomic E-state index is 10.7. The minimum atomic E-state index is -0.430. The lowest BCUT2D eigenvalue weighted by atomic mass is 10.0. The van der Waals surface area contributed by atoms with E-state index in [9.17, 15) is 15.2 Å². The first-order valence-corrected chi connectivity index (χ1v) is 7.71. The predicted octanol–water partition coefficient (Wildman–Crippen LogP) is 4.64. The Kier molecular flexibility index (Phi) is 3.06. The first kappa shape index (κ1) is 13.8. The number of hydrogen-bond donors (Lipinski definition) is 1. The molecule has 3 aromatic rings. The number of aliphatic imine (C=N–C) groups is 1. The molecule has 6 heteroatoms. The summed E-state index contributed by atoms with van der Waals surface area (Å²) < 4.78 is 0. The summed E-state index contributed by atoms with van der Waals surface area (Å²) in [7, 11) is 0. The molecular weight excluding hydrogens is 312 g/mol. The second-order valence-electron chi connectivity index (χ2n) is 5.10. The largest absolute Gasteiger partial charge is 0.507 e. The highest BCUT2D eigenvalue weighted by molar-refractivity contribution is 8.15. The van der Waals surface area contributed by atoms with Crippen LogP contribution in [0.3, 0.4) is 0 Å². The van der Waals surface area contributed by atoms with Crippen LogP contribution in [-0.2, 0) is 0 Å². The summed E-state index contributed by atoms with van der Waals surface area (Å²) >= 11 is 1.53. The maximum atomic E-state index is 10.7. The van der Waals surface area contributed by atoms with Crippen LogP contribution < -0.4 is 0 Å². The van der Waals surface area contributed by atoms with Crippen LogP contribution in [0.25, 0.3) is 10.8 Å². The second-order valence-corrected chi connectivity index (χ2v) is 6.13. The van der Waals surface area contributed by atoms with E-state index in [1.807, 2.05) is 24.3 Å². The van der Waals surface area contributed by atoms with Crippen LogP contribution in [0.4, 0.5) is 11.4 Å². The number of nitro groups is 1. The molecule has 0 aliphatic carbocycles. The van der Waals surface area contributed by atoms with Crippen LogP contribution in [0.2, 0.25) is 0 Å². The summed E-state index contributed by atoms with van der Waals surface area (Å²) in [6, 6.07) is 15.4. The van der Waals surface area contributed by atoms with Crippen molar-refractivity contribution < 1.29 is 10.0 Å². The fourth-order valence-corrected chi connectivity index (χ4v) is 3.74. The van der Waals surface area contributed by atoms with Gasteiger partial charge in [0.05, 0.1) is 10.6 Å². The fourth-order valence-electron chi connectivity index (χ4n) is 2.63. The molecule has 0 amide bonds.